The second-order valence-corrected chi connectivity index (χ2v) is 8.91. The van der Waals surface area contributed by atoms with Crippen LogP contribution in [0.15, 0.2) is 24.3 Å². The van der Waals surface area contributed by atoms with Crippen LogP contribution in [0.1, 0.15) is 18.4 Å². The molecule has 0 saturated carbocycles. The Morgan fingerprint density at radius 1 is 0.943 bits per heavy atom. The van der Waals surface area contributed by atoms with Gasteiger partial charge in [-0.2, -0.15) is 24.4 Å². The number of hydrogen-bond donors (Lipinski definition) is 8. The lowest BCUT2D eigenvalue weighted by molar-refractivity contribution is -0.143. The van der Waals surface area contributed by atoms with Crippen molar-refractivity contribution >= 4 is 54.1 Å². The van der Waals surface area contributed by atoms with Crippen LogP contribution in [0, 0.1) is 0 Å². The Bertz CT molecular complexity index is 900. The largest absolute Gasteiger partial charge is 0.508 e. The molecule has 0 aliphatic heterocycles. The van der Waals surface area contributed by atoms with Crippen molar-refractivity contribution in [1.29, 1.82) is 0 Å². The van der Waals surface area contributed by atoms with Gasteiger partial charge in [0, 0.05) is 12.2 Å². The zero-order valence-electron chi connectivity index (χ0n) is 19.0. The molecular weight excluding hydrogens is 500 g/mol. The van der Waals surface area contributed by atoms with Crippen molar-refractivity contribution in [2.75, 3.05) is 17.8 Å². The highest BCUT2D eigenvalue weighted by Crippen LogP contribution is 2.12. The van der Waals surface area contributed by atoms with E-state index in [1.54, 1.807) is 0 Å². The normalized spacial score (nSPS) is 14.1. The van der Waals surface area contributed by atoms with Gasteiger partial charge in [-0.1, -0.05) is 12.1 Å². The maximum absolute atomic E-state index is 13.0. The maximum atomic E-state index is 13.0. The standard InChI is InChI=1S/C21H30N4O8S2/c1-35-7-6-13(22)18(29)23-14(8-11-2-4-12(26)5-3-11)19(30)24-15(9-17(27)28)20(31)25-16(10-34)21(32)33/h2-5,13-16,26,34H,6-10,22H2,1H3,(H,23,29)(H,24,30)(H,25,31)(H,27,28)(H,32,33). The summed E-state index contributed by atoms with van der Waals surface area (Å²) in [5, 5.41) is 34.7. The van der Waals surface area contributed by atoms with Gasteiger partial charge in [0.1, 0.15) is 23.9 Å². The van der Waals surface area contributed by atoms with E-state index < -0.39 is 60.2 Å². The van der Waals surface area contributed by atoms with E-state index in [1.807, 2.05) is 6.26 Å². The molecule has 35 heavy (non-hydrogen) atoms. The fourth-order valence-electron chi connectivity index (χ4n) is 2.85. The number of nitrogens with one attached hydrogen (secondary N) is 3. The van der Waals surface area contributed by atoms with E-state index in [0.717, 1.165) is 0 Å². The van der Waals surface area contributed by atoms with E-state index in [4.69, 9.17) is 10.8 Å². The van der Waals surface area contributed by atoms with Crippen molar-refractivity contribution in [3.63, 3.8) is 0 Å². The molecule has 0 spiro atoms. The van der Waals surface area contributed by atoms with Gasteiger partial charge in [-0.05, 0) is 36.1 Å². The molecule has 0 aliphatic carbocycles. The quantitative estimate of drug-likeness (QED) is 0.129. The smallest absolute Gasteiger partial charge is 0.327 e. The molecule has 8 N–H and O–H groups in total. The summed E-state index contributed by atoms with van der Waals surface area (Å²) in [6, 6.07) is 0.675. The molecule has 1 rings (SSSR count). The molecule has 0 radical (unpaired) electrons. The van der Waals surface area contributed by atoms with E-state index in [1.165, 1.54) is 36.0 Å². The van der Waals surface area contributed by atoms with E-state index >= 15 is 0 Å². The van der Waals surface area contributed by atoms with Gasteiger partial charge in [-0.15, -0.1) is 0 Å². The Morgan fingerprint density at radius 2 is 1.49 bits per heavy atom. The molecule has 4 unspecified atom stereocenters. The highest BCUT2D eigenvalue weighted by molar-refractivity contribution is 7.98. The molecule has 3 amide bonds. The highest BCUT2D eigenvalue weighted by Gasteiger charge is 2.31. The van der Waals surface area contributed by atoms with Crippen LogP contribution in [0.3, 0.4) is 0 Å². The van der Waals surface area contributed by atoms with Gasteiger partial charge in [0.25, 0.3) is 0 Å². The lowest BCUT2D eigenvalue weighted by atomic mass is 10.0. The lowest BCUT2D eigenvalue weighted by Crippen LogP contribution is -2.58. The third-order valence-electron chi connectivity index (χ3n) is 4.79. The number of phenolic OH excluding ortho intramolecular Hbond substituents is 1. The Hall–Kier alpha value is -2.97. The number of nitrogens with two attached hydrogens (primary N) is 1. The molecule has 0 saturated heterocycles. The van der Waals surface area contributed by atoms with Gasteiger partial charge >= 0.3 is 11.9 Å². The number of carbonyl (C=O) groups is 5. The average molecular weight is 531 g/mol. The van der Waals surface area contributed by atoms with Crippen molar-refractivity contribution < 1.29 is 39.3 Å². The van der Waals surface area contributed by atoms with Crippen LogP contribution in [-0.4, -0.2) is 86.9 Å². The molecule has 14 heteroatoms. The summed E-state index contributed by atoms with van der Waals surface area (Å²) in [5.41, 5.74) is 6.44. The third kappa shape index (κ3) is 10.9. The molecule has 0 aliphatic rings. The SMILES string of the molecule is CSCCC(N)C(=O)NC(Cc1ccc(O)cc1)C(=O)NC(CC(=O)O)C(=O)NC(CS)C(=O)O. The number of benzene rings is 1. The second-order valence-electron chi connectivity index (χ2n) is 7.56. The fraction of sp³-hybridized carbons (Fsp3) is 0.476. The van der Waals surface area contributed by atoms with Gasteiger partial charge in [0.05, 0.1) is 12.5 Å². The van der Waals surface area contributed by atoms with Gasteiger partial charge in [-0.25, -0.2) is 4.79 Å². The summed E-state index contributed by atoms with van der Waals surface area (Å²) in [6.07, 6.45) is 1.32. The number of phenols is 1. The molecule has 0 aromatic heterocycles. The van der Waals surface area contributed by atoms with Gasteiger partial charge in [-0.3, -0.25) is 19.2 Å². The number of carboxylic acids is 2. The monoisotopic (exact) mass is 530 g/mol. The molecule has 1 aromatic carbocycles. The number of amides is 3. The molecule has 1 aromatic rings. The van der Waals surface area contributed by atoms with Crippen molar-refractivity contribution in [3.05, 3.63) is 29.8 Å². The predicted molar refractivity (Wildman–Crippen MR) is 132 cm³/mol. The first-order valence-corrected chi connectivity index (χ1v) is 12.5. The van der Waals surface area contributed by atoms with Crippen LogP contribution in [0.4, 0.5) is 0 Å². The third-order valence-corrected chi connectivity index (χ3v) is 5.80. The zero-order valence-corrected chi connectivity index (χ0v) is 20.7. The number of aromatic hydroxyl groups is 1. The van der Waals surface area contributed by atoms with E-state index in [9.17, 15) is 34.2 Å². The second kappa shape index (κ2) is 15.1. The van der Waals surface area contributed by atoms with E-state index in [0.29, 0.717) is 17.7 Å². The minimum atomic E-state index is -1.62. The first kappa shape index (κ1) is 30.1. The number of thioether (sulfide) groups is 1. The first-order chi connectivity index (χ1) is 16.5. The number of carbonyl (C=O) groups excluding carboxylic acids is 3. The number of carboxylic acid groups (broad SMARTS) is 2. The molecule has 0 fully saturated rings. The number of aliphatic carboxylic acids is 2. The van der Waals surface area contributed by atoms with Crippen molar-refractivity contribution in [2.45, 2.75) is 43.4 Å². The van der Waals surface area contributed by atoms with Crippen molar-refractivity contribution in [1.82, 2.24) is 16.0 Å². The van der Waals surface area contributed by atoms with Gasteiger partial charge in [0.15, 0.2) is 0 Å². The Morgan fingerprint density at radius 3 is 2.00 bits per heavy atom. The topological polar surface area (TPSA) is 208 Å². The van der Waals surface area contributed by atoms with Crippen LogP contribution in [0.5, 0.6) is 5.75 Å². The number of thiol groups is 1. The van der Waals surface area contributed by atoms with Crippen LogP contribution in [-0.2, 0) is 30.4 Å². The summed E-state index contributed by atoms with van der Waals surface area (Å²) >= 11 is 5.33. The van der Waals surface area contributed by atoms with E-state index in [-0.39, 0.29) is 17.9 Å². The minimum Gasteiger partial charge on any atom is -0.508 e. The lowest BCUT2D eigenvalue weighted by Gasteiger charge is -2.24. The first-order valence-electron chi connectivity index (χ1n) is 10.5. The van der Waals surface area contributed by atoms with Gasteiger partial charge < -0.3 is 37.0 Å². The van der Waals surface area contributed by atoms with Crippen molar-refractivity contribution in [3.8, 4) is 5.75 Å². The maximum Gasteiger partial charge on any atom is 0.327 e. The Kier molecular flexibility index (Phi) is 13.0. The van der Waals surface area contributed by atoms with Gasteiger partial charge in [0.2, 0.25) is 17.7 Å². The van der Waals surface area contributed by atoms with Crippen LogP contribution in [0.2, 0.25) is 0 Å². The average Bonchev–Trinajstić information content (AvgIpc) is 2.80. The molecule has 12 nitrogen and oxygen atoms in total. The molecule has 194 valence electrons. The number of hydrogen-bond acceptors (Lipinski definition) is 9. The summed E-state index contributed by atoms with van der Waals surface area (Å²) in [4.78, 5) is 60.6. The highest BCUT2D eigenvalue weighted by atomic mass is 32.2. The van der Waals surface area contributed by atoms with Crippen molar-refractivity contribution in [2.24, 2.45) is 5.73 Å². The fourth-order valence-corrected chi connectivity index (χ4v) is 3.58. The molecular formula is C21H30N4O8S2. The molecule has 0 heterocycles. The molecule has 4 atom stereocenters. The Balaban J connectivity index is 3.10. The summed E-state index contributed by atoms with van der Waals surface area (Å²) < 4.78 is 0. The van der Waals surface area contributed by atoms with Crippen LogP contribution in [0.25, 0.3) is 0 Å². The minimum absolute atomic E-state index is 0.00626. The summed E-state index contributed by atoms with van der Waals surface area (Å²) in [5.74, 6) is -4.97. The molecule has 0 bridgehead atoms. The van der Waals surface area contributed by atoms with Crippen LogP contribution < -0.4 is 21.7 Å². The Labute approximate surface area is 211 Å². The summed E-state index contributed by atoms with van der Waals surface area (Å²) in [6.45, 7) is 0. The van der Waals surface area contributed by atoms with E-state index in [2.05, 4.69) is 28.6 Å². The number of rotatable bonds is 15. The van der Waals surface area contributed by atoms with Crippen LogP contribution >= 0.6 is 24.4 Å². The summed E-state index contributed by atoms with van der Waals surface area (Å²) in [7, 11) is 0. The predicted octanol–water partition coefficient (Wildman–Crippen LogP) is -1.04. The zero-order chi connectivity index (χ0) is 26.5.